The third kappa shape index (κ3) is 3.69. The fraction of sp³-hybridized carbons (Fsp3) is 0.143. The smallest absolute Gasteiger partial charge is 0.222 e. The fourth-order valence-electron chi connectivity index (χ4n) is 2.89. The zero-order chi connectivity index (χ0) is 17.8. The van der Waals surface area contributed by atoms with E-state index in [2.05, 4.69) is 4.98 Å². The highest BCUT2D eigenvalue weighted by Gasteiger charge is 2.10. The maximum Gasteiger partial charge on any atom is 0.222 e. The highest BCUT2D eigenvalue weighted by atomic mass is 16.5. The molecular formula is C21H19NO3. The molecule has 0 amide bonds. The van der Waals surface area contributed by atoms with Gasteiger partial charge in [-0.05, 0) is 54.3 Å². The van der Waals surface area contributed by atoms with E-state index >= 15 is 0 Å². The van der Waals surface area contributed by atoms with Crippen molar-refractivity contribution in [2.75, 3.05) is 7.11 Å². The summed E-state index contributed by atoms with van der Waals surface area (Å²) < 4.78 is 11.0. The fourth-order valence-corrected chi connectivity index (χ4v) is 2.89. The summed E-state index contributed by atoms with van der Waals surface area (Å²) in [6.07, 6.45) is 0.861. The van der Waals surface area contributed by atoms with E-state index in [1.165, 1.54) is 0 Å². The number of aromatic nitrogens is 1. The van der Waals surface area contributed by atoms with Crippen molar-refractivity contribution >= 4 is 6.29 Å². The molecule has 1 aromatic heterocycles. The number of carbonyl (C=O) groups excluding carboxylic acids is 1. The number of hydrogen-bond acceptors (Lipinski definition) is 4. The second kappa shape index (κ2) is 7.18. The minimum absolute atomic E-state index is 0.480. The van der Waals surface area contributed by atoms with Gasteiger partial charge in [0.05, 0.1) is 7.11 Å². The van der Waals surface area contributed by atoms with Crippen molar-refractivity contribution in [2.24, 2.45) is 0 Å². The van der Waals surface area contributed by atoms with Crippen LogP contribution in [0.2, 0.25) is 0 Å². The molecule has 0 N–H and O–H groups in total. The molecule has 3 aromatic rings. The SMILES string of the molecule is COc1cccc(Oc2cc(C)c(-c3cccc(C=O)c3)c(C)c2)n1. The molecule has 126 valence electrons. The molecule has 0 fully saturated rings. The Balaban J connectivity index is 1.95. The standard InChI is InChI=1S/C21H19NO3/c1-14-10-18(25-20-9-5-8-19(22-20)24-3)11-15(2)21(14)17-7-4-6-16(12-17)13-23/h4-13H,1-3H3. The van der Waals surface area contributed by atoms with Gasteiger partial charge in [-0.25, -0.2) is 0 Å². The van der Waals surface area contributed by atoms with Crippen LogP contribution >= 0.6 is 0 Å². The summed E-state index contributed by atoms with van der Waals surface area (Å²) in [7, 11) is 1.57. The van der Waals surface area contributed by atoms with Crippen LogP contribution in [0.3, 0.4) is 0 Å². The van der Waals surface area contributed by atoms with E-state index in [0.717, 1.165) is 28.5 Å². The third-order valence-electron chi connectivity index (χ3n) is 3.95. The molecule has 0 spiro atoms. The molecule has 25 heavy (non-hydrogen) atoms. The second-order valence-electron chi connectivity index (χ2n) is 5.80. The topological polar surface area (TPSA) is 48.4 Å². The van der Waals surface area contributed by atoms with Crippen LogP contribution in [0.25, 0.3) is 11.1 Å². The van der Waals surface area contributed by atoms with Gasteiger partial charge < -0.3 is 9.47 Å². The molecule has 4 heteroatoms. The lowest BCUT2D eigenvalue weighted by molar-refractivity contribution is 0.112. The van der Waals surface area contributed by atoms with Crippen LogP contribution in [0.15, 0.2) is 54.6 Å². The normalized spacial score (nSPS) is 10.4. The molecule has 3 rings (SSSR count). The Morgan fingerprint density at radius 2 is 1.60 bits per heavy atom. The average Bonchev–Trinajstić information content (AvgIpc) is 2.61. The van der Waals surface area contributed by atoms with Crippen LogP contribution < -0.4 is 9.47 Å². The first-order valence-electron chi connectivity index (χ1n) is 7.96. The number of rotatable bonds is 5. The number of hydrogen-bond donors (Lipinski definition) is 0. The molecule has 0 atom stereocenters. The lowest BCUT2D eigenvalue weighted by Crippen LogP contribution is -1.94. The summed E-state index contributed by atoms with van der Waals surface area (Å²) in [5.41, 5.74) is 4.93. The summed E-state index contributed by atoms with van der Waals surface area (Å²) in [6, 6.07) is 16.9. The molecule has 2 aromatic carbocycles. The van der Waals surface area contributed by atoms with Crippen molar-refractivity contribution in [1.82, 2.24) is 4.98 Å². The average molecular weight is 333 g/mol. The number of ether oxygens (including phenoxy) is 2. The Morgan fingerprint density at radius 3 is 2.28 bits per heavy atom. The summed E-state index contributed by atoms with van der Waals surface area (Å²) in [6.45, 7) is 4.06. The number of benzene rings is 2. The summed E-state index contributed by atoms with van der Waals surface area (Å²) in [5, 5.41) is 0. The third-order valence-corrected chi connectivity index (χ3v) is 3.95. The number of aryl methyl sites for hydroxylation is 2. The Bertz CT molecular complexity index is 896. The predicted octanol–water partition coefficient (Wildman–Crippen LogP) is 4.98. The quantitative estimate of drug-likeness (QED) is 0.618. The predicted molar refractivity (Wildman–Crippen MR) is 97.6 cm³/mol. The summed E-state index contributed by atoms with van der Waals surface area (Å²) in [4.78, 5) is 15.3. The van der Waals surface area contributed by atoms with Crippen LogP contribution in [0, 0.1) is 13.8 Å². The van der Waals surface area contributed by atoms with Gasteiger partial charge in [-0.3, -0.25) is 4.79 Å². The van der Waals surface area contributed by atoms with Crippen molar-refractivity contribution in [3.05, 3.63) is 71.3 Å². The highest BCUT2D eigenvalue weighted by Crippen LogP contribution is 2.33. The first-order valence-corrected chi connectivity index (χ1v) is 7.96. The van der Waals surface area contributed by atoms with E-state index in [-0.39, 0.29) is 0 Å². The molecule has 0 radical (unpaired) electrons. The lowest BCUT2D eigenvalue weighted by Gasteiger charge is -2.14. The Labute approximate surface area is 147 Å². The molecule has 1 heterocycles. The molecule has 0 saturated heterocycles. The number of carbonyl (C=O) groups is 1. The van der Waals surface area contributed by atoms with E-state index in [4.69, 9.17) is 9.47 Å². The van der Waals surface area contributed by atoms with Crippen molar-refractivity contribution in [3.8, 4) is 28.6 Å². The summed E-state index contributed by atoms with van der Waals surface area (Å²) >= 11 is 0. The largest absolute Gasteiger partial charge is 0.481 e. The van der Waals surface area contributed by atoms with Gasteiger partial charge in [-0.15, -0.1) is 0 Å². The number of pyridine rings is 1. The van der Waals surface area contributed by atoms with Crippen LogP contribution in [0.1, 0.15) is 21.5 Å². The molecule has 0 aliphatic heterocycles. The van der Waals surface area contributed by atoms with Crippen molar-refractivity contribution in [1.29, 1.82) is 0 Å². The van der Waals surface area contributed by atoms with Gasteiger partial charge in [0.25, 0.3) is 0 Å². The lowest BCUT2D eigenvalue weighted by atomic mass is 9.94. The first-order chi connectivity index (χ1) is 12.1. The van der Waals surface area contributed by atoms with Crippen molar-refractivity contribution < 1.29 is 14.3 Å². The molecule has 4 nitrogen and oxygen atoms in total. The number of aldehydes is 1. The van der Waals surface area contributed by atoms with Crippen LogP contribution in [-0.2, 0) is 0 Å². The van der Waals surface area contributed by atoms with Gasteiger partial charge in [-0.1, -0.05) is 24.3 Å². The van der Waals surface area contributed by atoms with Gasteiger partial charge in [0.2, 0.25) is 11.8 Å². The van der Waals surface area contributed by atoms with Crippen molar-refractivity contribution in [2.45, 2.75) is 13.8 Å². The van der Waals surface area contributed by atoms with E-state index in [0.29, 0.717) is 23.1 Å². The number of nitrogens with zero attached hydrogens (tertiary/aromatic N) is 1. The molecule has 0 saturated carbocycles. The molecule has 0 unspecified atom stereocenters. The van der Waals surface area contributed by atoms with Crippen LogP contribution in [0.5, 0.6) is 17.5 Å². The van der Waals surface area contributed by atoms with Gasteiger partial charge in [0, 0.05) is 17.7 Å². The van der Waals surface area contributed by atoms with E-state index in [9.17, 15) is 4.79 Å². The Morgan fingerprint density at radius 1 is 0.920 bits per heavy atom. The first kappa shape index (κ1) is 16.7. The van der Waals surface area contributed by atoms with Gasteiger partial charge in [0.1, 0.15) is 12.0 Å². The molecule has 0 aliphatic rings. The minimum atomic E-state index is 0.480. The molecular weight excluding hydrogens is 314 g/mol. The minimum Gasteiger partial charge on any atom is -0.481 e. The Kier molecular flexibility index (Phi) is 4.80. The summed E-state index contributed by atoms with van der Waals surface area (Å²) in [5.74, 6) is 1.70. The molecule has 0 aliphatic carbocycles. The second-order valence-corrected chi connectivity index (χ2v) is 5.80. The Hall–Kier alpha value is -3.14. The van der Waals surface area contributed by atoms with Gasteiger partial charge in [0.15, 0.2) is 0 Å². The van der Waals surface area contributed by atoms with Gasteiger partial charge >= 0.3 is 0 Å². The van der Waals surface area contributed by atoms with E-state index in [1.54, 1.807) is 25.3 Å². The van der Waals surface area contributed by atoms with Crippen LogP contribution in [-0.4, -0.2) is 18.4 Å². The van der Waals surface area contributed by atoms with Crippen molar-refractivity contribution in [3.63, 3.8) is 0 Å². The molecule has 0 bridgehead atoms. The highest BCUT2D eigenvalue weighted by molar-refractivity contribution is 5.80. The zero-order valence-electron chi connectivity index (χ0n) is 14.4. The number of methoxy groups -OCH3 is 1. The zero-order valence-corrected chi connectivity index (χ0v) is 14.4. The maximum atomic E-state index is 11.0. The van der Waals surface area contributed by atoms with Crippen LogP contribution in [0.4, 0.5) is 0 Å². The van der Waals surface area contributed by atoms with E-state index in [1.807, 2.05) is 50.2 Å². The van der Waals surface area contributed by atoms with E-state index < -0.39 is 0 Å². The van der Waals surface area contributed by atoms with Gasteiger partial charge in [-0.2, -0.15) is 4.98 Å². The maximum absolute atomic E-state index is 11.0. The monoisotopic (exact) mass is 333 g/mol.